The summed E-state index contributed by atoms with van der Waals surface area (Å²) in [6.45, 7) is 6.09. The van der Waals surface area contributed by atoms with Gasteiger partial charge in [-0.1, -0.05) is 13.8 Å². The second-order valence-electron chi connectivity index (χ2n) is 5.96. The van der Waals surface area contributed by atoms with Crippen molar-refractivity contribution in [3.8, 4) is 0 Å². The van der Waals surface area contributed by atoms with Crippen LogP contribution in [0, 0.1) is 5.92 Å². The summed E-state index contributed by atoms with van der Waals surface area (Å²) in [6.07, 6.45) is 0.906. The number of nitrogens with two attached hydrogens (primary N) is 1. The summed E-state index contributed by atoms with van der Waals surface area (Å²) >= 11 is 0. The van der Waals surface area contributed by atoms with Crippen LogP contribution < -0.4 is 5.14 Å². The Morgan fingerprint density at radius 3 is 2.55 bits per heavy atom. The normalized spacial score (nSPS) is 18.9. The number of primary sulfonamides is 1. The van der Waals surface area contributed by atoms with E-state index in [1.54, 1.807) is 4.90 Å². The fraction of sp³-hybridized carbons (Fsp3) is 0.533. The predicted molar refractivity (Wildman–Crippen MR) is 82.9 cm³/mol. The summed E-state index contributed by atoms with van der Waals surface area (Å²) in [7, 11) is -3.73. The third-order valence-electron chi connectivity index (χ3n) is 3.53. The van der Waals surface area contributed by atoms with Crippen molar-refractivity contribution in [2.24, 2.45) is 11.1 Å². The molecule has 1 aromatic rings. The minimum atomic E-state index is -3.73. The Bertz CT molecular complexity index is 625. The van der Waals surface area contributed by atoms with Crippen LogP contribution in [-0.4, -0.2) is 45.0 Å². The molecule has 1 unspecified atom stereocenters. The van der Waals surface area contributed by atoms with E-state index in [4.69, 9.17) is 9.88 Å². The maximum absolute atomic E-state index is 12.4. The maximum Gasteiger partial charge on any atom is 0.253 e. The molecule has 6 nitrogen and oxygen atoms in total. The van der Waals surface area contributed by atoms with Gasteiger partial charge in [-0.05, 0) is 36.6 Å². The Morgan fingerprint density at radius 2 is 2.00 bits per heavy atom. The van der Waals surface area contributed by atoms with E-state index >= 15 is 0 Å². The molecule has 1 amide bonds. The highest BCUT2D eigenvalue weighted by molar-refractivity contribution is 7.89. The number of likely N-dealkylation sites (tertiary alicyclic amines) is 1. The largest absolute Gasteiger partial charge is 0.376 e. The number of carbonyl (C=O) groups excluding carboxylic acids is 1. The monoisotopic (exact) mass is 326 g/mol. The van der Waals surface area contributed by atoms with Crippen LogP contribution in [0.25, 0.3) is 0 Å². The molecule has 2 N–H and O–H groups in total. The van der Waals surface area contributed by atoms with E-state index in [0.29, 0.717) is 31.2 Å². The SMILES string of the molecule is CC(C)COC1CCN(C(=O)c2ccc(S(N)(=O)=O)cc2)C1. The summed E-state index contributed by atoms with van der Waals surface area (Å²) in [6, 6.07) is 5.69. The van der Waals surface area contributed by atoms with Crippen LogP contribution in [0.2, 0.25) is 0 Å². The van der Waals surface area contributed by atoms with Gasteiger partial charge in [0.15, 0.2) is 0 Å². The van der Waals surface area contributed by atoms with E-state index < -0.39 is 10.0 Å². The standard InChI is InChI=1S/C15H22N2O4S/c1-11(2)10-21-13-7-8-17(9-13)15(18)12-3-5-14(6-4-12)22(16,19)20/h3-6,11,13H,7-10H2,1-2H3,(H2,16,19,20). The van der Waals surface area contributed by atoms with Crippen LogP contribution in [0.4, 0.5) is 0 Å². The highest BCUT2D eigenvalue weighted by Gasteiger charge is 2.27. The molecule has 0 aromatic heterocycles. The molecule has 22 heavy (non-hydrogen) atoms. The van der Waals surface area contributed by atoms with Gasteiger partial charge in [0.2, 0.25) is 10.0 Å². The number of benzene rings is 1. The first-order chi connectivity index (χ1) is 10.3. The van der Waals surface area contributed by atoms with Crippen molar-refractivity contribution in [2.75, 3.05) is 19.7 Å². The summed E-state index contributed by atoms with van der Waals surface area (Å²) in [5.74, 6) is 0.354. The second kappa shape index (κ2) is 6.76. The van der Waals surface area contributed by atoms with Gasteiger partial charge >= 0.3 is 0 Å². The van der Waals surface area contributed by atoms with Gasteiger partial charge in [0.1, 0.15) is 0 Å². The van der Waals surface area contributed by atoms with Gasteiger partial charge in [0.05, 0.1) is 11.0 Å². The Hall–Kier alpha value is -1.44. The average molecular weight is 326 g/mol. The fourth-order valence-corrected chi connectivity index (χ4v) is 2.86. The van der Waals surface area contributed by atoms with Crippen LogP contribution in [-0.2, 0) is 14.8 Å². The van der Waals surface area contributed by atoms with Gasteiger partial charge in [0, 0.05) is 25.3 Å². The van der Waals surface area contributed by atoms with E-state index in [-0.39, 0.29) is 16.9 Å². The fourth-order valence-electron chi connectivity index (χ4n) is 2.35. The zero-order chi connectivity index (χ0) is 16.3. The van der Waals surface area contributed by atoms with Crippen molar-refractivity contribution < 1.29 is 17.9 Å². The Balaban J connectivity index is 1.98. The van der Waals surface area contributed by atoms with Gasteiger partial charge in [-0.25, -0.2) is 13.6 Å². The van der Waals surface area contributed by atoms with Gasteiger partial charge in [-0.2, -0.15) is 0 Å². The molecule has 1 aliphatic rings. The van der Waals surface area contributed by atoms with Crippen LogP contribution >= 0.6 is 0 Å². The van der Waals surface area contributed by atoms with E-state index in [9.17, 15) is 13.2 Å². The molecule has 0 saturated carbocycles. The first-order valence-corrected chi connectivity index (χ1v) is 8.85. The first-order valence-electron chi connectivity index (χ1n) is 7.31. The summed E-state index contributed by atoms with van der Waals surface area (Å²) < 4.78 is 28.2. The molecule has 1 saturated heterocycles. The number of rotatable bonds is 5. The minimum Gasteiger partial charge on any atom is -0.376 e. The quantitative estimate of drug-likeness (QED) is 0.881. The van der Waals surface area contributed by atoms with Crippen molar-refractivity contribution in [3.05, 3.63) is 29.8 Å². The summed E-state index contributed by atoms with van der Waals surface area (Å²) in [5.41, 5.74) is 0.455. The summed E-state index contributed by atoms with van der Waals surface area (Å²) in [4.78, 5) is 14.1. The lowest BCUT2D eigenvalue weighted by Crippen LogP contribution is -2.30. The molecule has 0 aliphatic carbocycles. The van der Waals surface area contributed by atoms with Crippen molar-refractivity contribution >= 4 is 15.9 Å². The molecule has 1 heterocycles. The van der Waals surface area contributed by atoms with Crippen LogP contribution in [0.3, 0.4) is 0 Å². The third kappa shape index (κ3) is 4.28. The van der Waals surface area contributed by atoms with Gasteiger partial charge in [-0.3, -0.25) is 4.79 Å². The lowest BCUT2D eigenvalue weighted by molar-refractivity contribution is 0.0396. The van der Waals surface area contributed by atoms with Gasteiger partial charge < -0.3 is 9.64 Å². The number of sulfonamides is 1. The van der Waals surface area contributed by atoms with Crippen molar-refractivity contribution in [3.63, 3.8) is 0 Å². The van der Waals surface area contributed by atoms with Crippen LogP contribution in [0.5, 0.6) is 0 Å². The molecule has 7 heteroatoms. The first kappa shape index (κ1) is 16.9. The number of hydrogen-bond donors (Lipinski definition) is 1. The number of amides is 1. The van der Waals surface area contributed by atoms with E-state index in [0.717, 1.165) is 6.42 Å². The molecular weight excluding hydrogens is 304 g/mol. The van der Waals surface area contributed by atoms with E-state index in [1.807, 2.05) is 0 Å². The predicted octanol–water partition coefficient (Wildman–Crippen LogP) is 1.22. The molecule has 0 spiro atoms. The lowest BCUT2D eigenvalue weighted by atomic mass is 10.2. The molecule has 0 bridgehead atoms. The van der Waals surface area contributed by atoms with Crippen molar-refractivity contribution in [1.82, 2.24) is 4.90 Å². The zero-order valence-electron chi connectivity index (χ0n) is 12.9. The highest BCUT2D eigenvalue weighted by atomic mass is 32.2. The number of carbonyl (C=O) groups is 1. The minimum absolute atomic E-state index is 0.00335. The Morgan fingerprint density at radius 1 is 1.36 bits per heavy atom. The molecule has 2 rings (SSSR count). The Labute approximate surface area is 131 Å². The molecule has 1 atom stereocenters. The lowest BCUT2D eigenvalue weighted by Gasteiger charge is -2.17. The number of nitrogens with zero attached hydrogens (tertiary/aromatic N) is 1. The van der Waals surface area contributed by atoms with Crippen LogP contribution in [0.15, 0.2) is 29.2 Å². The second-order valence-corrected chi connectivity index (χ2v) is 7.52. The highest BCUT2D eigenvalue weighted by Crippen LogP contribution is 2.18. The molecule has 1 aliphatic heterocycles. The van der Waals surface area contributed by atoms with E-state index in [2.05, 4.69) is 13.8 Å². The van der Waals surface area contributed by atoms with Crippen molar-refractivity contribution in [1.29, 1.82) is 0 Å². The number of hydrogen-bond acceptors (Lipinski definition) is 4. The van der Waals surface area contributed by atoms with Crippen LogP contribution in [0.1, 0.15) is 30.6 Å². The zero-order valence-corrected chi connectivity index (χ0v) is 13.7. The van der Waals surface area contributed by atoms with Gasteiger partial charge in [0.25, 0.3) is 5.91 Å². The molecule has 1 fully saturated rings. The molecule has 1 aromatic carbocycles. The molecule has 0 radical (unpaired) electrons. The Kier molecular flexibility index (Phi) is 5.20. The van der Waals surface area contributed by atoms with Gasteiger partial charge in [-0.15, -0.1) is 0 Å². The van der Waals surface area contributed by atoms with Crippen molar-refractivity contribution in [2.45, 2.75) is 31.3 Å². The summed E-state index contributed by atoms with van der Waals surface area (Å²) in [5, 5.41) is 5.04. The topological polar surface area (TPSA) is 89.7 Å². The average Bonchev–Trinajstić information content (AvgIpc) is 2.92. The molecular formula is C15H22N2O4S. The van der Waals surface area contributed by atoms with E-state index in [1.165, 1.54) is 24.3 Å². The maximum atomic E-state index is 12.4. The number of ether oxygens (including phenoxy) is 1. The third-order valence-corrected chi connectivity index (χ3v) is 4.46. The smallest absolute Gasteiger partial charge is 0.253 e. The molecule has 122 valence electrons.